The highest BCUT2D eigenvalue weighted by atomic mass is 16.4. The molecule has 0 spiro atoms. The lowest BCUT2D eigenvalue weighted by molar-refractivity contribution is -0.142. The topological polar surface area (TPSA) is 215 Å². The second-order valence-electron chi connectivity index (χ2n) is 7.49. The van der Waals surface area contributed by atoms with E-state index < -0.39 is 35.9 Å². The van der Waals surface area contributed by atoms with Crippen LogP contribution in [-0.2, 0) is 27.2 Å². The molecule has 10 N–H and O–H groups in total. The molecule has 3 atom stereocenters. The highest BCUT2D eigenvalue weighted by Crippen LogP contribution is 2.07. The maximum absolute atomic E-state index is 13.0. The fraction of sp³-hybridized carbons (Fsp3) is 0.381. The Balaban J connectivity index is 2.07. The van der Waals surface area contributed by atoms with Crippen molar-refractivity contribution in [1.82, 2.24) is 20.6 Å². The number of aromatic nitrogens is 2. The molecule has 1 aromatic heterocycles. The first kappa shape index (κ1) is 25.3. The number of aliphatic imine (C=N–C) groups is 1. The number of aliphatic carboxylic acids is 1. The molecule has 2 rings (SSSR count). The number of nitrogens with two attached hydrogens (primary N) is 3. The molecule has 0 unspecified atom stereocenters. The summed E-state index contributed by atoms with van der Waals surface area (Å²) in [6.45, 7) is 0.231. The van der Waals surface area contributed by atoms with Gasteiger partial charge in [-0.25, -0.2) is 9.78 Å². The summed E-state index contributed by atoms with van der Waals surface area (Å²) in [5, 5.41) is 14.6. The van der Waals surface area contributed by atoms with Gasteiger partial charge in [0.25, 0.3) is 0 Å². The summed E-state index contributed by atoms with van der Waals surface area (Å²) in [5.74, 6) is -2.47. The zero-order chi connectivity index (χ0) is 24.2. The Morgan fingerprint density at radius 1 is 1.06 bits per heavy atom. The zero-order valence-corrected chi connectivity index (χ0v) is 18.1. The van der Waals surface area contributed by atoms with Gasteiger partial charge in [-0.1, -0.05) is 30.3 Å². The number of carboxylic acids is 1. The molecule has 0 saturated heterocycles. The Kier molecular flexibility index (Phi) is 9.83. The van der Waals surface area contributed by atoms with Gasteiger partial charge in [-0.15, -0.1) is 0 Å². The number of hydrogen-bond acceptors (Lipinski definition) is 6. The molecule has 33 heavy (non-hydrogen) atoms. The van der Waals surface area contributed by atoms with Crippen molar-refractivity contribution >= 4 is 23.7 Å². The quantitative estimate of drug-likeness (QED) is 0.108. The van der Waals surface area contributed by atoms with E-state index >= 15 is 0 Å². The van der Waals surface area contributed by atoms with Crippen LogP contribution in [0.15, 0.2) is 47.8 Å². The molecule has 12 heteroatoms. The van der Waals surface area contributed by atoms with Crippen molar-refractivity contribution in [2.24, 2.45) is 22.2 Å². The molecule has 2 aromatic rings. The van der Waals surface area contributed by atoms with Gasteiger partial charge in [-0.05, 0) is 18.4 Å². The number of benzene rings is 1. The van der Waals surface area contributed by atoms with E-state index in [0.717, 1.165) is 5.56 Å². The van der Waals surface area contributed by atoms with Gasteiger partial charge in [0, 0.05) is 31.3 Å². The van der Waals surface area contributed by atoms with Crippen LogP contribution >= 0.6 is 0 Å². The van der Waals surface area contributed by atoms with Crippen molar-refractivity contribution in [1.29, 1.82) is 0 Å². The first-order valence-electron chi connectivity index (χ1n) is 10.4. The Bertz CT molecular complexity index is 929. The molecular weight excluding hydrogens is 428 g/mol. The first-order chi connectivity index (χ1) is 15.8. The molecule has 178 valence electrons. The number of carboxylic acid groups (broad SMARTS) is 1. The molecule has 0 radical (unpaired) electrons. The Hall–Kier alpha value is -3.93. The minimum atomic E-state index is -1.20. The van der Waals surface area contributed by atoms with Crippen molar-refractivity contribution in [2.45, 2.75) is 43.8 Å². The van der Waals surface area contributed by atoms with E-state index in [1.54, 1.807) is 30.5 Å². The normalized spacial score (nSPS) is 13.4. The van der Waals surface area contributed by atoms with Crippen molar-refractivity contribution in [3.8, 4) is 0 Å². The number of carbonyl (C=O) groups excluding carboxylic acids is 2. The van der Waals surface area contributed by atoms with Gasteiger partial charge in [0.15, 0.2) is 5.96 Å². The largest absolute Gasteiger partial charge is 0.480 e. The van der Waals surface area contributed by atoms with Crippen molar-refractivity contribution in [3.05, 3.63) is 54.1 Å². The predicted molar refractivity (Wildman–Crippen MR) is 122 cm³/mol. The number of rotatable bonds is 13. The summed E-state index contributed by atoms with van der Waals surface area (Å²) in [6.07, 6.45) is 3.86. The number of hydrogen-bond donors (Lipinski definition) is 7. The summed E-state index contributed by atoms with van der Waals surface area (Å²) in [4.78, 5) is 47.8. The highest BCUT2D eigenvalue weighted by molar-refractivity contribution is 5.92. The van der Waals surface area contributed by atoms with Crippen molar-refractivity contribution < 1.29 is 19.5 Å². The number of nitrogens with zero attached hydrogens (tertiary/aromatic N) is 2. The zero-order valence-electron chi connectivity index (χ0n) is 18.1. The monoisotopic (exact) mass is 458 g/mol. The molecule has 0 bridgehead atoms. The molecular formula is C21H30N8O4. The lowest BCUT2D eigenvalue weighted by Gasteiger charge is -2.23. The molecule has 1 heterocycles. The number of amides is 2. The standard InChI is InChI=1S/C21H30N8O4/c22-15(10-14-11-25-12-27-14)18(30)29-17(9-13-5-2-1-3-6-13)19(31)28-16(20(32)33)7-4-8-26-21(23)24/h1-3,5-6,11-12,15-17H,4,7-10,22H2,(H,25,27)(H,28,31)(H,29,30)(H,32,33)(H4,23,24,26)/t15-,16-,17+/m0/s1. The smallest absolute Gasteiger partial charge is 0.326 e. The van der Waals surface area contributed by atoms with Crippen LogP contribution in [0.1, 0.15) is 24.1 Å². The van der Waals surface area contributed by atoms with E-state index in [1.165, 1.54) is 6.33 Å². The molecule has 0 aliphatic heterocycles. The molecule has 1 aromatic carbocycles. The third-order valence-electron chi connectivity index (χ3n) is 4.81. The Morgan fingerprint density at radius 3 is 2.36 bits per heavy atom. The first-order valence-corrected chi connectivity index (χ1v) is 10.4. The van der Waals surface area contributed by atoms with Crippen LogP contribution in [0.3, 0.4) is 0 Å². The van der Waals surface area contributed by atoms with Gasteiger partial charge in [0.2, 0.25) is 11.8 Å². The van der Waals surface area contributed by atoms with E-state index in [1.807, 2.05) is 6.07 Å². The number of nitrogens with one attached hydrogen (secondary N) is 3. The Labute approximate surface area is 191 Å². The minimum absolute atomic E-state index is 0.0944. The SMILES string of the molecule is NC(N)=NCCC[C@H](NC(=O)[C@@H](Cc1ccccc1)NC(=O)[C@@H](N)Cc1cnc[nH]1)C(=O)O. The van der Waals surface area contributed by atoms with Crippen LogP contribution in [-0.4, -0.2) is 63.5 Å². The summed E-state index contributed by atoms with van der Waals surface area (Å²) in [7, 11) is 0. The third kappa shape index (κ3) is 8.99. The van der Waals surface area contributed by atoms with Gasteiger partial charge in [-0.2, -0.15) is 0 Å². The number of guanidine groups is 1. The predicted octanol–water partition coefficient (Wildman–Crippen LogP) is -1.37. The maximum Gasteiger partial charge on any atom is 0.326 e. The summed E-state index contributed by atoms with van der Waals surface area (Å²) in [5.41, 5.74) is 18.0. The average molecular weight is 459 g/mol. The fourth-order valence-electron chi connectivity index (χ4n) is 3.10. The van der Waals surface area contributed by atoms with Gasteiger partial charge in [0.1, 0.15) is 12.1 Å². The maximum atomic E-state index is 13.0. The molecule has 2 amide bonds. The van der Waals surface area contributed by atoms with Gasteiger partial charge >= 0.3 is 5.97 Å². The average Bonchev–Trinajstić information content (AvgIpc) is 3.28. The van der Waals surface area contributed by atoms with Crippen LogP contribution in [0.4, 0.5) is 0 Å². The number of carbonyl (C=O) groups is 3. The number of aromatic amines is 1. The lowest BCUT2D eigenvalue weighted by Crippen LogP contribution is -2.55. The van der Waals surface area contributed by atoms with Gasteiger partial charge in [0.05, 0.1) is 12.4 Å². The molecule has 0 aliphatic carbocycles. The van der Waals surface area contributed by atoms with Crippen molar-refractivity contribution in [3.63, 3.8) is 0 Å². The summed E-state index contributed by atoms with van der Waals surface area (Å²) >= 11 is 0. The number of imidazole rings is 1. The number of H-pyrrole nitrogens is 1. The summed E-state index contributed by atoms with van der Waals surface area (Å²) in [6, 6.07) is 5.94. The minimum Gasteiger partial charge on any atom is -0.480 e. The van der Waals surface area contributed by atoms with E-state index in [0.29, 0.717) is 12.1 Å². The second kappa shape index (κ2) is 12.8. The molecule has 12 nitrogen and oxygen atoms in total. The molecule has 0 fully saturated rings. The molecule has 0 aliphatic rings. The van der Waals surface area contributed by atoms with E-state index in [-0.39, 0.29) is 31.8 Å². The van der Waals surface area contributed by atoms with Crippen LogP contribution in [0.2, 0.25) is 0 Å². The van der Waals surface area contributed by atoms with Crippen LogP contribution in [0, 0.1) is 0 Å². The van der Waals surface area contributed by atoms with E-state index in [2.05, 4.69) is 25.6 Å². The Morgan fingerprint density at radius 2 is 1.76 bits per heavy atom. The van der Waals surface area contributed by atoms with Crippen molar-refractivity contribution in [2.75, 3.05) is 6.54 Å². The third-order valence-corrected chi connectivity index (χ3v) is 4.81. The highest BCUT2D eigenvalue weighted by Gasteiger charge is 2.28. The van der Waals surface area contributed by atoms with Gasteiger partial charge < -0.3 is 37.9 Å². The second-order valence-corrected chi connectivity index (χ2v) is 7.49. The van der Waals surface area contributed by atoms with Crippen LogP contribution in [0.25, 0.3) is 0 Å². The van der Waals surface area contributed by atoms with Crippen LogP contribution in [0.5, 0.6) is 0 Å². The summed E-state index contributed by atoms with van der Waals surface area (Å²) < 4.78 is 0. The fourth-order valence-corrected chi connectivity index (χ4v) is 3.10. The van der Waals surface area contributed by atoms with E-state index in [9.17, 15) is 19.5 Å². The van der Waals surface area contributed by atoms with E-state index in [4.69, 9.17) is 17.2 Å². The lowest BCUT2D eigenvalue weighted by atomic mass is 10.0. The van der Waals surface area contributed by atoms with Crippen LogP contribution < -0.4 is 27.8 Å². The molecule has 0 saturated carbocycles. The van der Waals surface area contributed by atoms with Gasteiger partial charge in [-0.3, -0.25) is 14.6 Å².